The minimum atomic E-state index is -1.04. The molecule has 0 radical (unpaired) electrons. The van der Waals surface area contributed by atoms with Crippen molar-refractivity contribution in [3.8, 4) is 0 Å². The van der Waals surface area contributed by atoms with Crippen molar-refractivity contribution in [3.63, 3.8) is 0 Å². The molecule has 0 saturated heterocycles. The molecule has 1 amide bonds. The predicted octanol–water partition coefficient (Wildman–Crippen LogP) is 0.672. The van der Waals surface area contributed by atoms with Crippen molar-refractivity contribution < 1.29 is 4.79 Å². The molecule has 0 fully saturated rings. The van der Waals surface area contributed by atoms with Crippen molar-refractivity contribution in [2.24, 2.45) is 5.73 Å². The van der Waals surface area contributed by atoms with Gasteiger partial charge in [-0.3, -0.25) is 24.6 Å². The van der Waals surface area contributed by atoms with E-state index in [0.717, 1.165) is 6.42 Å². The van der Waals surface area contributed by atoms with E-state index < -0.39 is 22.6 Å². The van der Waals surface area contributed by atoms with E-state index in [2.05, 4.69) is 15.5 Å². The summed E-state index contributed by atoms with van der Waals surface area (Å²) in [6, 6.07) is 4.68. The fraction of sp³-hybridized carbons (Fsp3) is 0.357. The number of rotatable bonds is 4. The van der Waals surface area contributed by atoms with Crippen LogP contribution in [0.2, 0.25) is 0 Å². The molecule has 0 aliphatic rings. The lowest BCUT2D eigenvalue weighted by atomic mass is 9.96. The van der Waals surface area contributed by atoms with Crippen molar-refractivity contribution in [1.29, 1.82) is 0 Å². The second-order valence-electron chi connectivity index (χ2n) is 5.26. The molecule has 0 bridgehead atoms. The van der Waals surface area contributed by atoms with E-state index in [-0.39, 0.29) is 16.5 Å². The van der Waals surface area contributed by atoms with Crippen molar-refractivity contribution in [2.75, 3.05) is 5.32 Å². The summed E-state index contributed by atoms with van der Waals surface area (Å²) in [5.41, 5.74) is 4.30. The van der Waals surface area contributed by atoms with Crippen LogP contribution in [0, 0.1) is 0 Å². The van der Waals surface area contributed by atoms with Crippen LogP contribution in [0.5, 0.6) is 0 Å². The first kappa shape index (κ1) is 15.0. The molecule has 1 aromatic carbocycles. The van der Waals surface area contributed by atoms with Gasteiger partial charge >= 0.3 is 0 Å². The van der Waals surface area contributed by atoms with Gasteiger partial charge in [0, 0.05) is 0 Å². The van der Waals surface area contributed by atoms with Crippen LogP contribution in [-0.4, -0.2) is 21.6 Å². The zero-order valence-electron chi connectivity index (χ0n) is 11.9. The van der Waals surface area contributed by atoms with Crippen molar-refractivity contribution in [2.45, 2.75) is 32.2 Å². The van der Waals surface area contributed by atoms with E-state index in [1.807, 2.05) is 6.92 Å². The lowest BCUT2D eigenvalue weighted by Gasteiger charge is -2.23. The maximum Gasteiger partial charge on any atom is 0.272 e. The molecule has 21 heavy (non-hydrogen) atoms. The van der Waals surface area contributed by atoms with Gasteiger partial charge in [0.05, 0.1) is 22.0 Å². The summed E-state index contributed by atoms with van der Waals surface area (Å²) >= 11 is 0. The van der Waals surface area contributed by atoms with Crippen molar-refractivity contribution in [3.05, 3.63) is 38.9 Å². The lowest BCUT2D eigenvalue weighted by molar-refractivity contribution is -0.120. The van der Waals surface area contributed by atoms with Gasteiger partial charge in [-0.25, -0.2) is 0 Å². The van der Waals surface area contributed by atoms with Gasteiger partial charge in [-0.15, -0.1) is 0 Å². The molecule has 1 heterocycles. The monoisotopic (exact) mass is 290 g/mol. The summed E-state index contributed by atoms with van der Waals surface area (Å²) in [5, 5.41) is 7.48. The van der Waals surface area contributed by atoms with Crippen LogP contribution in [0.3, 0.4) is 0 Å². The lowest BCUT2D eigenvalue weighted by Crippen LogP contribution is -2.48. The largest absolute Gasteiger partial charge is 0.324 e. The maximum atomic E-state index is 12.2. The number of anilines is 1. The van der Waals surface area contributed by atoms with Gasteiger partial charge < -0.3 is 11.1 Å². The minimum absolute atomic E-state index is 0.141. The van der Waals surface area contributed by atoms with Gasteiger partial charge in [-0.05, 0) is 25.5 Å². The highest BCUT2D eigenvalue weighted by Crippen LogP contribution is 2.19. The number of nitrogens with two attached hydrogens (primary N) is 1. The van der Waals surface area contributed by atoms with Gasteiger partial charge in [0.1, 0.15) is 0 Å². The van der Waals surface area contributed by atoms with Gasteiger partial charge in [0.2, 0.25) is 5.91 Å². The Morgan fingerprint density at radius 2 is 1.95 bits per heavy atom. The normalized spacial score (nSPS) is 13.9. The van der Waals surface area contributed by atoms with E-state index >= 15 is 0 Å². The number of hydrogen-bond donors (Lipinski definition) is 4. The molecule has 7 nitrogen and oxygen atoms in total. The Hall–Kier alpha value is -2.41. The summed E-state index contributed by atoms with van der Waals surface area (Å²) in [6.45, 7) is 3.56. The number of aromatic amines is 2. The number of benzene rings is 1. The van der Waals surface area contributed by atoms with E-state index in [0.29, 0.717) is 6.42 Å². The van der Waals surface area contributed by atoms with Crippen LogP contribution in [0.4, 0.5) is 5.69 Å². The zero-order valence-corrected chi connectivity index (χ0v) is 11.9. The van der Waals surface area contributed by atoms with Crippen LogP contribution >= 0.6 is 0 Å². The van der Waals surface area contributed by atoms with E-state index in [1.54, 1.807) is 19.1 Å². The fourth-order valence-electron chi connectivity index (χ4n) is 2.23. The average molecular weight is 290 g/mol. The Morgan fingerprint density at radius 3 is 2.62 bits per heavy atom. The molecule has 112 valence electrons. The summed E-state index contributed by atoms with van der Waals surface area (Å²) in [7, 11) is 0. The first-order valence-corrected chi connectivity index (χ1v) is 6.71. The Kier molecular flexibility index (Phi) is 3.95. The second-order valence-corrected chi connectivity index (χ2v) is 5.26. The highest BCUT2D eigenvalue weighted by Gasteiger charge is 2.27. The Morgan fingerprint density at radius 1 is 1.29 bits per heavy atom. The number of carbonyl (C=O) groups excluding carboxylic acids is 1. The highest BCUT2D eigenvalue weighted by atomic mass is 16.2. The Bertz CT molecular complexity index is 789. The minimum Gasteiger partial charge on any atom is -0.324 e. The zero-order chi connectivity index (χ0) is 15.6. The molecule has 5 N–H and O–H groups in total. The summed E-state index contributed by atoms with van der Waals surface area (Å²) in [4.78, 5) is 35.8. The van der Waals surface area contributed by atoms with Gasteiger partial charge in [0.25, 0.3) is 11.1 Å². The van der Waals surface area contributed by atoms with Crippen molar-refractivity contribution >= 4 is 22.4 Å². The first-order valence-electron chi connectivity index (χ1n) is 6.71. The van der Waals surface area contributed by atoms with E-state index in [9.17, 15) is 14.4 Å². The van der Waals surface area contributed by atoms with Crippen LogP contribution in [0.25, 0.3) is 10.8 Å². The third-order valence-electron chi connectivity index (χ3n) is 3.36. The summed E-state index contributed by atoms with van der Waals surface area (Å²) in [5.74, 6) is -0.392. The maximum absolute atomic E-state index is 12.2. The molecule has 1 aromatic heterocycles. The first-order chi connectivity index (χ1) is 9.86. The second kappa shape index (κ2) is 5.53. The van der Waals surface area contributed by atoms with Crippen molar-refractivity contribution in [1.82, 2.24) is 10.2 Å². The van der Waals surface area contributed by atoms with Crippen LogP contribution < -0.4 is 22.2 Å². The summed E-state index contributed by atoms with van der Waals surface area (Å²) < 4.78 is 0. The molecule has 7 heteroatoms. The molecule has 0 spiro atoms. The Balaban J connectivity index is 2.49. The highest BCUT2D eigenvalue weighted by molar-refractivity contribution is 6.04. The number of amides is 1. The number of hydrogen-bond acceptors (Lipinski definition) is 4. The third kappa shape index (κ3) is 2.87. The molecule has 1 unspecified atom stereocenters. The number of fused-ring (bicyclic) bond motifs is 1. The predicted molar refractivity (Wildman–Crippen MR) is 81.3 cm³/mol. The quantitative estimate of drug-likeness (QED) is 0.661. The molecular formula is C14H18N4O3. The van der Waals surface area contributed by atoms with Gasteiger partial charge in [-0.2, -0.15) is 0 Å². The fourth-order valence-corrected chi connectivity index (χ4v) is 2.23. The number of H-pyrrole nitrogens is 2. The number of aromatic nitrogens is 2. The standard InChI is InChI=1S/C14H18N4O3/c1-3-7-14(2,15)13(21)16-9-6-4-5-8-10(9)12(20)18-17-11(8)19/h4-6H,3,7,15H2,1-2H3,(H,16,21)(H,17,19)(H,18,20). The summed E-state index contributed by atoms with van der Waals surface area (Å²) in [6.07, 6.45) is 1.27. The molecule has 2 rings (SSSR count). The van der Waals surface area contributed by atoms with Gasteiger partial charge in [-0.1, -0.05) is 19.4 Å². The van der Waals surface area contributed by atoms with Crippen LogP contribution in [-0.2, 0) is 4.79 Å². The average Bonchev–Trinajstić information content (AvgIpc) is 2.43. The smallest absolute Gasteiger partial charge is 0.272 e. The number of carbonyl (C=O) groups is 1. The van der Waals surface area contributed by atoms with Crippen LogP contribution in [0.1, 0.15) is 26.7 Å². The van der Waals surface area contributed by atoms with Crippen LogP contribution in [0.15, 0.2) is 27.8 Å². The van der Waals surface area contributed by atoms with Gasteiger partial charge in [0.15, 0.2) is 0 Å². The SMILES string of the molecule is CCCC(C)(N)C(=O)Nc1cccc2c(=O)[nH][nH]c(=O)c12. The topological polar surface area (TPSA) is 121 Å². The molecular weight excluding hydrogens is 272 g/mol. The molecule has 0 aliphatic heterocycles. The molecule has 2 aromatic rings. The van der Waals surface area contributed by atoms with E-state index in [1.165, 1.54) is 6.07 Å². The molecule has 1 atom stereocenters. The molecule has 0 saturated carbocycles. The number of nitrogens with one attached hydrogen (secondary N) is 3. The molecule has 0 aliphatic carbocycles. The van der Waals surface area contributed by atoms with E-state index in [4.69, 9.17) is 5.73 Å². The Labute approximate surface area is 120 Å². The third-order valence-corrected chi connectivity index (χ3v) is 3.36.